The van der Waals surface area contributed by atoms with Crippen molar-refractivity contribution < 1.29 is 17.9 Å². The van der Waals surface area contributed by atoms with Crippen molar-refractivity contribution in [1.82, 2.24) is 9.44 Å². The Bertz CT molecular complexity index is 512. The lowest BCUT2D eigenvalue weighted by Gasteiger charge is -2.14. The second-order valence-corrected chi connectivity index (χ2v) is 5.05. The van der Waals surface area contributed by atoms with Crippen LogP contribution in [0.2, 0.25) is 0 Å². The van der Waals surface area contributed by atoms with Crippen LogP contribution >= 0.6 is 0 Å². The lowest BCUT2D eigenvalue weighted by atomic mass is 10.1. The van der Waals surface area contributed by atoms with Crippen LogP contribution in [0.15, 0.2) is 24.3 Å². The first-order valence-electron chi connectivity index (χ1n) is 5.07. The molecule has 4 N–H and O–H groups in total. The summed E-state index contributed by atoms with van der Waals surface area (Å²) in [6.07, 6.45) is -1.05. The molecule has 100 valence electrons. The number of carbonyl (C=O) groups excluding carboxylic acids is 1. The zero-order valence-electron chi connectivity index (χ0n) is 10.0. The maximum atomic E-state index is 11.5. The van der Waals surface area contributed by atoms with Gasteiger partial charge in [-0.25, -0.2) is 9.52 Å². The third kappa shape index (κ3) is 4.22. The number of ether oxygens (including phenoxy) is 1. The number of nitrogen functional groups attached to an aromatic ring is 1. The molecule has 1 aromatic rings. The standard InChI is InChI=1S/C10H15N3O4S/c1-7(8-3-5-9(11)6-4-8)12-18(15,16)13-10(14)17-2/h3-7,12H,11H2,1-2H3,(H,13,14). The smallest absolute Gasteiger partial charge is 0.421 e. The number of carbonyl (C=O) groups is 1. The molecule has 0 aliphatic heterocycles. The minimum absolute atomic E-state index is 0.507. The van der Waals surface area contributed by atoms with Gasteiger partial charge in [0, 0.05) is 11.7 Å². The van der Waals surface area contributed by atoms with Crippen LogP contribution in [-0.2, 0) is 14.9 Å². The summed E-state index contributed by atoms with van der Waals surface area (Å²) >= 11 is 0. The first-order valence-corrected chi connectivity index (χ1v) is 6.56. The molecule has 7 nitrogen and oxygen atoms in total. The maximum absolute atomic E-state index is 11.5. The van der Waals surface area contributed by atoms with Crippen molar-refractivity contribution in [2.45, 2.75) is 13.0 Å². The molecule has 1 rings (SSSR count). The van der Waals surface area contributed by atoms with Gasteiger partial charge in [-0.15, -0.1) is 0 Å². The lowest BCUT2D eigenvalue weighted by Crippen LogP contribution is -2.41. The molecule has 18 heavy (non-hydrogen) atoms. The van der Waals surface area contributed by atoms with Crippen molar-refractivity contribution in [2.24, 2.45) is 0 Å². The average molecular weight is 273 g/mol. The Kier molecular flexibility index (Phi) is 4.51. The molecule has 0 aromatic heterocycles. The quantitative estimate of drug-likeness (QED) is 0.693. The Morgan fingerprint density at radius 1 is 1.33 bits per heavy atom. The van der Waals surface area contributed by atoms with Crippen LogP contribution in [0, 0.1) is 0 Å². The van der Waals surface area contributed by atoms with Gasteiger partial charge in [-0.2, -0.15) is 13.1 Å². The van der Waals surface area contributed by atoms with Crippen molar-refractivity contribution in [3.63, 3.8) is 0 Å². The fourth-order valence-corrected chi connectivity index (χ4v) is 2.23. The van der Waals surface area contributed by atoms with E-state index in [1.54, 1.807) is 35.9 Å². The van der Waals surface area contributed by atoms with Crippen LogP contribution in [0.4, 0.5) is 10.5 Å². The summed E-state index contributed by atoms with van der Waals surface area (Å²) in [5.41, 5.74) is 6.83. The second-order valence-electron chi connectivity index (χ2n) is 3.60. The molecule has 0 aliphatic rings. The van der Waals surface area contributed by atoms with Gasteiger partial charge in [0.15, 0.2) is 0 Å². The van der Waals surface area contributed by atoms with Gasteiger partial charge in [0.1, 0.15) is 0 Å². The van der Waals surface area contributed by atoms with Crippen molar-refractivity contribution in [3.8, 4) is 0 Å². The number of benzene rings is 1. The highest BCUT2D eigenvalue weighted by Gasteiger charge is 2.18. The monoisotopic (exact) mass is 273 g/mol. The molecular formula is C10H15N3O4S. The molecule has 1 amide bonds. The number of rotatable bonds is 4. The van der Waals surface area contributed by atoms with E-state index in [1.165, 1.54) is 0 Å². The van der Waals surface area contributed by atoms with Gasteiger partial charge in [-0.3, -0.25) is 0 Å². The Labute approximate surface area is 106 Å². The molecule has 0 saturated heterocycles. The SMILES string of the molecule is COC(=O)NS(=O)(=O)NC(C)c1ccc(N)cc1. The van der Waals surface area contributed by atoms with E-state index < -0.39 is 22.3 Å². The van der Waals surface area contributed by atoms with E-state index in [9.17, 15) is 13.2 Å². The minimum Gasteiger partial charge on any atom is -0.452 e. The normalized spacial score (nSPS) is 12.8. The molecule has 0 heterocycles. The largest absolute Gasteiger partial charge is 0.452 e. The summed E-state index contributed by atoms with van der Waals surface area (Å²) in [4.78, 5) is 10.8. The lowest BCUT2D eigenvalue weighted by molar-refractivity contribution is 0.177. The van der Waals surface area contributed by atoms with Crippen molar-refractivity contribution in [1.29, 1.82) is 0 Å². The topological polar surface area (TPSA) is 111 Å². The number of hydrogen-bond acceptors (Lipinski definition) is 5. The summed E-state index contributed by atoms with van der Waals surface area (Å²) in [6.45, 7) is 1.64. The fraction of sp³-hybridized carbons (Fsp3) is 0.300. The summed E-state index contributed by atoms with van der Waals surface area (Å²) < 4.78 is 31.2. The molecule has 8 heteroatoms. The van der Waals surface area contributed by atoms with E-state index in [0.717, 1.165) is 12.7 Å². The van der Waals surface area contributed by atoms with E-state index in [1.807, 2.05) is 0 Å². The Balaban J connectivity index is 2.72. The highest BCUT2D eigenvalue weighted by molar-refractivity contribution is 7.88. The van der Waals surface area contributed by atoms with Gasteiger partial charge in [-0.1, -0.05) is 12.1 Å². The van der Waals surface area contributed by atoms with E-state index in [-0.39, 0.29) is 0 Å². The number of nitrogens with two attached hydrogens (primary N) is 1. The Hall–Kier alpha value is -1.80. The van der Waals surface area contributed by atoms with E-state index in [0.29, 0.717) is 5.69 Å². The molecular weight excluding hydrogens is 258 g/mol. The number of hydrogen-bond donors (Lipinski definition) is 3. The first-order chi connectivity index (χ1) is 8.34. The Morgan fingerprint density at radius 3 is 2.39 bits per heavy atom. The summed E-state index contributed by atoms with van der Waals surface area (Å²) in [7, 11) is -2.88. The molecule has 0 spiro atoms. The molecule has 1 atom stereocenters. The number of nitrogens with one attached hydrogen (secondary N) is 2. The molecule has 0 saturated carbocycles. The van der Waals surface area contributed by atoms with Crippen LogP contribution in [0.3, 0.4) is 0 Å². The maximum Gasteiger partial charge on any atom is 0.421 e. The molecule has 0 aliphatic carbocycles. The van der Waals surface area contributed by atoms with Crippen LogP contribution in [0.25, 0.3) is 0 Å². The fourth-order valence-electron chi connectivity index (χ4n) is 1.27. The van der Waals surface area contributed by atoms with E-state index in [4.69, 9.17) is 5.73 Å². The first kappa shape index (κ1) is 14.3. The van der Waals surface area contributed by atoms with Crippen LogP contribution < -0.4 is 15.2 Å². The average Bonchev–Trinajstić information content (AvgIpc) is 2.28. The van der Waals surface area contributed by atoms with E-state index in [2.05, 4.69) is 9.46 Å². The molecule has 0 bridgehead atoms. The van der Waals surface area contributed by atoms with Crippen molar-refractivity contribution >= 4 is 22.0 Å². The third-order valence-corrected chi connectivity index (χ3v) is 3.27. The highest BCUT2D eigenvalue weighted by atomic mass is 32.2. The summed E-state index contributed by atoms with van der Waals surface area (Å²) in [6, 6.07) is 6.20. The minimum atomic E-state index is -3.96. The zero-order chi connectivity index (χ0) is 13.8. The number of anilines is 1. The highest BCUT2D eigenvalue weighted by Crippen LogP contribution is 2.14. The molecule has 0 fully saturated rings. The predicted octanol–water partition coefficient (Wildman–Crippen LogP) is 0.520. The zero-order valence-corrected chi connectivity index (χ0v) is 10.8. The summed E-state index contributed by atoms with van der Waals surface area (Å²) in [5.74, 6) is 0. The van der Waals surface area contributed by atoms with Gasteiger partial charge in [0.25, 0.3) is 0 Å². The second kappa shape index (κ2) is 5.69. The molecule has 1 aromatic carbocycles. The third-order valence-electron chi connectivity index (χ3n) is 2.17. The Morgan fingerprint density at radius 2 is 1.89 bits per heavy atom. The van der Waals surface area contributed by atoms with Crippen LogP contribution in [0.1, 0.15) is 18.5 Å². The number of methoxy groups -OCH3 is 1. The van der Waals surface area contributed by atoms with Gasteiger partial charge < -0.3 is 10.5 Å². The van der Waals surface area contributed by atoms with Crippen LogP contribution in [-0.4, -0.2) is 21.6 Å². The van der Waals surface area contributed by atoms with Gasteiger partial charge >= 0.3 is 16.3 Å². The van der Waals surface area contributed by atoms with Gasteiger partial charge in [0.2, 0.25) is 0 Å². The molecule has 1 unspecified atom stereocenters. The van der Waals surface area contributed by atoms with Gasteiger partial charge in [0.05, 0.1) is 7.11 Å². The number of amides is 1. The van der Waals surface area contributed by atoms with Crippen molar-refractivity contribution in [2.75, 3.05) is 12.8 Å². The van der Waals surface area contributed by atoms with E-state index >= 15 is 0 Å². The molecule has 0 radical (unpaired) electrons. The van der Waals surface area contributed by atoms with Crippen molar-refractivity contribution in [3.05, 3.63) is 29.8 Å². The van der Waals surface area contributed by atoms with Gasteiger partial charge in [-0.05, 0) is 24.6 Å². The predicted molar refractivity (Wildman–Crippen MR) is 66.9 cm³/mol. The van der Waals surface area contributed by atoms with Crippen LogP contribution in [0.5, 0.6) is 0 Å². The summed E-state index contributed by atoms with van der Waals surface area (Å²) in [5, 5.41) is 0.